The fourth-order valence-electron chi connectivity index (χ4n) is 4.49. The summed E-state index contributed by atoms with van der Waals surface area (Å²) in [5.41, 5.74) is 4.88. The van der Waals surface area contributed by atoms with Crippen molar-refractivity contribution >= 4 is 22.4 Å². The maximum Gasteiger partial charge on any atom is 0.224 e. The Balaban J connectivity index is 1.14. The zero-order valence-electron chi connectivity index (χ0n) is 17.6. The van der Waals surface area contributed by atoms with Gasteiger partial charge in [-0.15, -0.1) is 0 Å². The summed E-state index contributed by atoms with van der Waals surface area (Å²) in [6.45, 7) is 0. The molecule has 0 aliphatic heterocycles. The molecule has 5 rings (SSSR count). The van der Waals surface area contributed by atoms with Crippen LogP contribution in [0, 0.1) is 5.92 Å². The maximum absolute atomic E-state index is 12.3. The molecule has 1 aliphatic rings. The lowest BCUT2D eigenvalue weighted by atomic mass is 10.0. The Morgan fingerprint density at radius 1 is 0.774 bits per heavy atom. The van der Waals surface area contributed by atoms with Gasteiger partial charge >= 0.3 is 0 Å². The van der Waals surface area contributed by atoms with Crippen molar-refractivity contribution in [1.82, 2.24) is 0 Å². The number of carbonyl (C=O) groups excluding carboxylic acids is 1. The van der Waals surface area contributed by atoms with Gasteiger partial charge in [0.05, 0.1) is 0 Å². The Morgan fingerprint density at radius 2 is 1.52 bits per heavy atom. The summed E-state index contributed by atoms with van der Waals surface area (Å²) in [6, 6.07) is 34.0. The first-order valence-electron chi connectivity index (χ1n) is 11.2. The van der Waals surface area contributed by atoms with Crippen molar-refractivity contribution in [2.24, 2.45) is 5.92 Å². The Hall–Kier alpha value is -3.39. The number of fused-ring (bicyclic) bond motifs is 1. The minimum Gasteiger partial charge on any atom is -0.326 e. The minimum absolute atomic E-state index is 0.0669. The van der Waals surface area contributed by atoms with E-state index in [0.717, 1.165) is 18.5 Å². The number of anilines is 1. The number of benzene rings is 4. The van der Waals surface area contributed by atoms with E-state index >= 15 is 0 Å². The highest BCUT2D eigenvalue weighted by Gasteiger charge is 2.37. The Labute approximate surface area is 183 Å². The van der Waals surface area contributed by atoms with Crippen molar-refractivity contribution in [3.8, 4) is 0 Å². The number of aryl methyl sites for hydroxylation is 1. The zero-order valence-corrected chi connectivity index (χ0v) is 17.6. The van der Waals surface area contributed by atoms with Crippen LogP contribution in [0.4, 0.5) is 5.69 Å². The van der Waals surface area contributed by atoms with Gasteiger partial charge in [-0.3, -0.25) is 4.79 Å². The monoisotopic (exact) mass is 405 g/mol. The molecule has 0 radical (unpaired) electrons. The Kier molecular flexibility index (Phi) is 5.54. The van der Waals surface area contributed by atoms with Crippen LogP contribution in [0.3, 0.4) is 0 Å². The molecule has 2 nitrogen and oxygen atoms in total. The van der Waals surface area contributed by atoms with Crippen molar-refractivity contribution < 1.29 is 4.79 Å². The molecule has 1 N–H and O–H groups in total. The van der Waals surface area contributed by atoms with E-state index in [-0.39, 0.29) is 5.91 Å². The summed E-state index contributed by atoms with van der Waals surface area (Å²) < 4.78 is 0. The van der Waals surface area contributed by atoms with Gasteiger partial charge in [-0.25, -0.2) is 0 Å². The average Bonchev–Trinajstić information content (AvgIpc) is 3.58. The molecule has 0 heterocycles. The lowest BCUT2D eigenvalue weighted by Gasteiger charge is -2.07. The van der Waals surface area contributed by atoms with Crippen molar-refractivity contribution in [3.05, 3.63) is 114 Å². The van der Waals surface area contributed by atoms with E-state index in [1.54, 1.807) is 0 Å². The number of carbonyl (C=O) groups is 1. The molecule has 1 fully saturated rings. The van der Waals surface area contributed by atoms with E-state index in [2.05, 4.69) is 72.0 Å². The molecule has 4 aromatic rings. The van der Waals surface area contributed by atoms with Crippen molar-refractivity contribution in [2.75, 3.05) is 5.32 Å². The van der Waals surface area contributed by atoms with E-state index in [9.17, 15) is 4.79 Å². The van der Waals surface area contributed by atoms with Crippen LogP contribution >= 0.6 is 0 Å². The Morgan fingerprint density at radius 3 is 2.32 bits per heavy atom. The van der Waals surface area contributed by atoms with Crippen LogP contribution in [0.25, 0.3) is 10.8 Å². The van der Waals surface area contributed by atoms with Gasteiger partial charge in [0.1, 0.15) is 0 Å². The maximum atomic E-state index is 12.3. The normalized spacial score (nSPS) is 17.4. The van der Waals surface area contributed by atoms with Crippen LogP contribution in [-0.2, 0) is 17.6 Å². The first kappa shape index (κ1) is 19.6. The highest BCUT2D eigenvalue weighted by Crippen LogP contribution is 2.49. The summed E-state index contributed by atoms with van der Waals surface area (Å²) in [6.07, 6.45) is 3.65. The minimum atomic E-state index is 0.0669. The van der Waals surface area contributed by atoms with Crippen molar-refractivity contribution in [3.63, 3.8) is 0 Å². The largest absolute Gasteiger partial charge is 0.326 e. The lowest BCUT2D eigenvalue weighted by molar-refractivity contribution is -0.116. The molecule has 2 atom stereocenters. The summed E-state index contributed by atoms with van der Waals surface area (Å²) >= 11 is 0. The van der Waals surface area contributed by atoms with Crippen LogP contribution in [-0.4, -0.2) is 5.91 Å². The van der Waals surface area contributed by atoms with Crippen LogP contribution in [0.5, 0.6) is 0 Å². The predicted octanol–water partition coefficient (Wildman–Crippen LogP) is 6.76. The van der Waals surface area contributed by atoms with Crippen molar-refractivity contribution in [1.29, 1.82) is 0 Å². The van der Waals surface area contributed by atoms with Gasteiger partial charge < -0.3 is 5.32 Å². The van der Waals surface area contributed by atoms with Crippen LogP contribution < -0.4 is 5.32 Å². The standard InChI is InChI=1S/C29H27NO/c31-29(17-11-21-6-2-1-3-7-21)30-27-15-13-24(14-16-27)28-20-26(28)19-22-10-12-23-8-4-5-9-25(23)18-22/h1-10,12-16,18,26,28H,11,17,19-20H2,(H,30,31). The highest BCUT2D eigenvalue weighted by molar-refractivity contribution is 5.90. The first-order chi connectivity index (χ1) is 15.2. The van der Waals surface area contributed by atoms with Crippen molar-refractivity contribution in [2.45, 2.75) is 31.6 Å². The third-order valence-corrected chi connectivity index (χ3v) is 6.34. The molecule has 0 aromatic heterocycles. The summed E-state index contributed by atoms with van der Waals surface area (Å²) in [4.78, 5) is 12.3. The molecule has 1 amide bonds. The number of nitrogens with one attached hydrogen (secondary N) is 1. The molecule has 0 bridgehead atoms. The molecule has 4 aromatic carbocycles. The van der Waals surface area contributed by atoms with E-state index in [1.807, 2.05) is 30.3 Å². The topological polar surface area (TPSA) is 29.1 Å². The van der Waals surface area contributed by atoms with E-state index in [0.29, 0.717) is 18.3 Å². The Bertz CT molecular complexity index is 1180. The molecule has 2 unspecified atom stereocenters. The quantitative estimate of drug-likeness (QED) is 0.362. The molecule has 0 spiro atoms. The molecule has 1 saturated carbocycles. The molecular formula is C29H27NO. The van der Waals surface area contributed by atoms with Crippen LogP contribution in [0.1, 0.15) is 35.4 Å². The predicted molar refractivity (Wildman–Crippen MR) is 128 cm³/mol. The van der Waals surface area contributed by atoms with Crippen LogP contribution in [0.15, 0.2) is 97.1 Å². The molecule has 2 heteroatoms. The third kappa shape index (κ3) is 4.86. The van der Waals surface area contributed by atoms with Gasteiger partial charge in [0.25, 0.3) is 0 Å². The van der Waals surface area contributed by atoms with Gasteiger partial charge in [-0.05, 0) is 70.7 Å². The third-order valence-electron chi connectivity index (χ3n) is 6.34. The molecule has 0 saturated heterocycles. The molecular weight excluding hydrogens is 378 g/mol. The van der Waals surface area contributed by atoms with Gasteiger partial charge in [-0.2, -0.15) is 0 Å². The lowest BCUT2D eigenvalue weighted by Crippen LogP contribution is -2.12. The van der Waals surface area contributed by atoms with E-state index in [4.69, 9.17) is 0 Å². The van der Waals surface area contributed by atoms with Gasteiger partial charge in [-0.1, -0.05) is 84.9 Å². The second kappa shape index (κ2) is 8.77. The SMILES string of the molecule is O=C(CCc1ccccc1)Nc1ccc(C2CC2Cc2ccc3ccccc3c2)cc1. The van der Waals surface area contributed by atoms with E-state index in [1.165, 1.54) is 33.9 Å². The first-order valence-corrected chi connectivity index (χ1v) is 11.2. The zero-order chi connectivity index (χ0) is 21.0. The second-order valence-electron chi connectivity index (χ2n) is 8.64. The van der Waals surface area contributed by atoms with E-state index < -0.39 is 0 Å². The molecule has 154 valence electrons. The molecule has 1 aliphatic carbocycles. The summed E-state index contributed by atoms with van der Waals surface area (Å²) in [7, 11) is 0. The van der Waals surface area contributed by atoms with Gasteiger partial charge in [0.15, 0.2) is 0 Å². The fraction of sp³-hybridized carbons (Fsp3) is 0.207. The second-order valence-corrected chi connectivity index (χ2v) is 8.64. The number of hydrogen-bond donors (Lipinski definition) is 1. The van der Waals surface area contributed by atoms with Gasteiger partial charge in [0.2, 0.25) is 5.91 Å². The number of hydrogen-bond acceptors (Lipinski definition) is 1. The number of rotatable bonds is 7. The average molecular weight is 406 g/mol. The van der Waals surface area contributed by atoms with Crippen LogP contribution in [0.2, 0.25) is 0 Å². The fourth-order valence-corrected chi connectivity index (χ4v) is 4.49. The number of amides is 1. The van der Waals surface area contributed by atoms with Gasteiger partial charge in [0, 0.05) is 12.1 Å². The highest BCUT2D eigenvalue weighted by atomic mass is 16.1. The summed E-state index contributed by atoms with van der Waals surface area (Å²) in [5.74, 6) is 1.42. The smallest absolute Gasteiger partial charge is 0.224 e. The summed E-state index contributed by atoms with van der Waals surface area (Å²) in [5, 5.41) is 5.66. The molecule has 31 heavy (non-hydrogen) atoms.